The predicted molar refractivity (Wildman–Crippen MR) is 150 cm³/mol. The lowest BCUT2D eigenvalue weighted by atomic mass is 10.1. The van der Waals surface area contributed by atoms with Gasteiger partial charge in [0.15, 0.2) is 0 Å². The van der Waals surface area contributed by atoms with E-state index in [2.05, 4.69) is 30.9 Å². The molecule has 38 heavy (non-hydrogen) atoms. The minimum atomic E-state index is -4.13. The van der Waals surface area contributed by atoms with E-state index in [0.717, 1.165) is 9.87 Å². The minimum absolute atomic E-state index is 0.0170. The van der Waals surface area contributed by atoms with Gasteiger partial charge in [0, 0.05) is 31.9 Å². The van der Waals surface area contributed by atoms with Crippen LogP contribution in [0.25, 0.3) is 0 Å². The maximum absolute atomic E-state index is 14.0. The normalized spacial score (nSPS) is 13.8. The van der Waals surface area contributed by atoms with Crippen LogP contribution in [0.4, 0.5) is 11.4 Å². The fraction of sp³-hybridized carbons (Fsp3) is 0.345. The lowest BCUT2D eigenvalue weighted by molar-refractivity contribution is -0.129. The van der Waals surface area contributed by atoms with Crippen LogP contribution in [0.3, 0.4) is 0 Å². The van der Waals surface area contributed by atoms with Gasteiger partial charge < -0.3 is 19.3 Å². The number of nitrogens with zero attached hydrogens (tertiary/aromatic N) is 3. The SMILES string of the molecule is COc1ccc(N(CC(=O)N2CCN(c3cccc(C)c3C)CC2)S(=O)(=O)c2cc(C)ccc2OC)cc1. The molecule has 4 rings (SSSR count). The van der Waals surface area contributed by atoms with Gasteiger partial charge in [-0.25, -0.2) is 8.42 Å². The molecule has 0 aliphatic carbocycles. The number of aryl methyl sites for hydroxylation is 2. The highest BCUT2D eigenvalue weighted by atomic mass is 32.2. The van der Waals surface area contributed by atoms with Crippen LogP contribution >= 0.6 is 0 Å². The van der Waals surface area contributed by atoms with Crippen molar-refractivity contribution >= 4 is 27.3 Å². The maximum Gasteiger partial charge on any atom is 0.268 e. The molecule has 3 aromatic carbocycles. The molecule has 1 heterocycles. The Morgan fingerprint density at radius 1 is 0.895 bits per heavy atom. The summed E-state index contributed by atoms with van der Waals surface area (Å²) in [6, 6.07) is 17.9. The van der Waals surface area contributed by atoms with Crippen LogP contribution in [0.5, 0.6) is 11.5 Å². The molecule has 1 fully saturated rings. The van der Waals surface area contributed by atoms with Crippen molar-refractivity contribution in [2.45, 2.75) is 25.7 Å². The lowest BCUT2D eigenvalue weighted by Crippen LogP contribution is -2.52. The van der Waals surface area contributed by atoms with Gasteiger partial charge in [0.25, 0.3) is 10.0 Å². The van der Waals surface area contributed by atoms with E-state index in [1.54, 1.807) is 54.5 Å². The topological polar surface area (TPSA) is 79.4 Å². The van der Waals surface area contributed by atoms with E-state index in [-0.39, 0.29) is 23.1 Å². The fourth-order valence-electron chi connectivity index (χ4n) is 4.67. The molecule has 0 spiro atoms. The number of benzene rings is 3. The first kappa shape index (κ1) is 27.3. The second-order valence-electron chi connectivity index (χ2n) is 9.45. The Morgan fingerprint density at radius 3 is 2.21 bits per heavy atom. The van der Waals surface area contributed by atoms with Gasteiger partial charge in [0.1, 0.15) is 22.9 Å². The van der Waals surface area contributed by atoms with Crippen LogP contribution in [-0.2, 0) is 14.8 Å². The summed E-state index contributed by atoms with van der Waals surface area (Å²) in [5.74, 6) is 0.563. The number of piperazine rings is 1. The van der Waals surface area contributed by atoms with E-state index in [9.17, 15) is 13.2 Å². The number of ether oxygens (including phenoxy) is 2. The third-order valence-electron chi connectivity index (χ3n) is 7.08. The highest BCUT2D eigenvalue weighted by Gasteiger charge is 2.32. The quantitative estimate of drug-likeness (QED) is 0.429. The zero-order valence-electron chi connectivity index (χ0n) is 22.6. The van der Waals surface area contributed by atoms with Crippen LogP contribution in [0.1, 0.15) is 16.7 Å². The summed E-state index contributed by atoms with van der Waals surface area (Å²) in [6.45, 7) is 8.07. The summed E-state index contributed by atoms with van der Waals surface area (Å²) in [6.07, 6.45) is 0. The van der Waals surface area contributed by atoms with Crippen molar-refractivity contribution in [2.24, 2.45) is 0 Å². The smallest absolute Gasteiger partial charge is 0.268 e. The Bertz CT molecular complexity index is 1400. The second kappa shape index (κ2) is 11.3. The molecular weight excluding hydrogens is 502 g/mol. The summed E-state index contributed by atoms with van der Waals surface area (Å²) < 4.78 is 39.7. The lowest BCUT2D eigenvalue weighted by Gasteiger charge is -2.38. The van der Waals surface area contributed by atoms with Gasteiger partial charge in [-0.15, -0.1) is 0 Å². The monoisotopic (exact) mass is 537 g/mol. The van der Waals surface area contributed by atoms with Gasteiger partial charge in [0.2, 0.25) is 5.91 Å². The van der Waals surface area contributed by atoms with E-state index < -0.39 is 10.0 Å². The number of hydrogen-bond acceptors (Lipinski definition) is 6. The Morgan fingerprint density at radius 2 is 1.58 bits per heavy atom. The van der Waals surface area contributed by atoms with Crippen LogP contribution in [0.15, 0.2) is 65.6 Å². The number of anilines is 2. The van der Waals surface area contributed by atoms with E-state index in [1.807, 2.05) is 13.0 Å². The molecule has 1 saturated heterocycles. The van der Waals surface area contributed by atoms with Crippen molar-refractivity contribution < 1.29 is 22.7 Å². The third kappa shape index (κ3) is 5.57. The molecule has 0 aromatic heterocycles. The van der Waals surface area contributed by atoms with Crippen molar-refractivity contribution in [3.8, 4) is 11.5 Å². The molecule has 0 bridgehead atoms. The molecule has 1 aliphatic rings. The van der Waals surface area contributed by atoms with Crippen LogP contribution in [-0.4, -0.2) is 66.2 Å². The van der Waals surface area contributed by atoms with E-state index in [1.165, 1.54) is 23.9 Å². The zero-order valence-corrected chi connectivity index (χ0v) is 23.4. The van der Waals surface area contributed by atoms with Gasteiger partial charge in [-0.1, -0.05) is 18.2 Å². The molecule has 0 saturated carbocycles. The number of carbonyl (C=O) groups is 1. The highest BCUT2D eigenvalue weighted by Crippen LogP contribution is 2.32. The average Bonchev–Trinajstić information content (AvgIpc) is 2.93. The van der Waals surface area contributed by atoms with Gasteiger partial charge in [-0.2, -0.15) is 0 Å². The average molecular weight is 538 g/mol. The molecule has 3 aromatic rings. The van der Waals surface area contributed by atoms with E-state index in [4.69, 9.17) is 9.47 Å². The summed E-state index contributed by atoms with van der Waals surface area (Å²) in [7, 11) is -1.15. The van der Waals surface area contributed by atoms with Crippen molar-refractivity contribution in [1.82, 2.24) is 4.90 Å². The molecule has 1 amide bonds. The Labute approximate surface area is 225 Å². The first-order valence-electron chi connectivity index (χ1n) is 12.6. The highest BCUT2D eigenvalue weighted by molar-refractivity contribution is 7.93. The summed E-state index contributed by atoms with van der Waals surface area (Å²) in [5, 5.41) is 0. The third-order valence-corrected chi connectivity index (χ3v) is 8.87. The van der Waals surface area contributed by atoms with Crippen molar-refractivity contribution in [1.29, 1.82) is 0 Å². The second-order valence-corrected chi connectivity index (χ2v) is 11.3. The molecule has 0 radical (unpaired) electrons. The van der Waals surface area contributed by atoms with E-state index >= 15 is 0 Å². The van der Waals surface area contributed by atoms with Crippen molar-refractivity contribution in [3.63, 3.8) is 0 Å². The van der Waals surface area contributed by atoms with Crippen LogP contribution in [0, 0.1) is 20.8 Å². The zero-order chi connectivity index (χ0) is 27.4. The molecule has 0 unspecified atom stereocenters. The van der Waals surface area contributed by atoms with Crippen molar-refractivity contribution in [2.75, 3.05) is 56.1 Å². The number of rotatable bonds is 8. The van der Waals surface area contributed by atoms with Gasteiger partial charge in [-0.3, -0.25) is 9.10 Å². The molecular formula is C29H35N3O5S. The summed E-state index contributed by atoms with van der Waals surface area (Å²) >= 11 is 0. The van der Waals surface area contributed by atoms with Gasteiger partial charge in [0.05, 0.1) is 19.9 Å². The molecule has 0 N–H and O–H groups in total. The summed E-state index contributed by atoms with van der Waals surface area (Å²) in [4.78, 5) is 17.5. The first-order chi connectivity index (χ1) is 18.1. The van der Waals surface area contributed by atoms with Crippen molar-refractivity contribution in [3.05, 3.63) is 77.4 Å². The Kier molecular flexibility index (Phi) is 8.16. The number of methoxy groups -OCH3 is 2. The number of hydrogen-bond donors (Lipinski definition) is 0. The molecule has 202 valence electrons. The number of amides is 1. The summed E-state index contributed by atoms with van der Waals surface area (Å²) in [5.41, 5.74) is 4.78. The largest absolute Gasteiger partial charge is 0.497 e. The standard InChI is InChI=1S/C29H35N3O5S/c1-21-9-14-27(37-5)28(19-21)38(34,35)32(24-10-12-25(36-4)13-11-24)20-29(33)31-17-15-30(16-18-31)26-8-6-7-22(2)23(26)3/h6-14,19H,15-18,20H2,1-5H3. The van der Waals surface area contributed by atoms with Crippen LogP contribution < -0.4 is 18.7 Å². The Hall–Kier alpha value is -3.72. The number of carbonyl (C=O) groups excluding carboxylic acids is 1. The van der Waals surface area contributed by atoms with Crippen LogP contribution in [0.2, 0.25) is 0 Å². The minimum Gasteiger partial charge on any atom is -0.497 e. The number of sulfonamides is 1. The maximum atomic E-state index is 14.0. The Balaban J connectivity index is 1.59. The molecule has 8 nitrogen and oxygen atoms in total. The molecule has 1 aliphatic heterocycles. The predicted octanol–water partition coefficient (Wildman–Crippen LogP) is 4.17. The fourth-order valence-corrected chi connectivity index (χ4v) is 6.32. The first-order valence-corrected chi connectivity index (χ1v) is 14.0. The van der Waals surface area contributed by atoms with Gasteiger partial charge >= 0.3 is 0 Å². The molecule has 9 heteroatoms. The van der Waals surface area contributed by atoms with E-state index in [0.29, 0.717) is 37.6 Å². The van der Waals surface area contributed by atoms with Gasteiger partial charge in [-0.05, 0) is 79.9 Å². The molecule has 0 atom stereocenters.